The first-order valence-electron chi connectivity index (χ1n) is 6.83. The standard InChI is InChI=1S/C17H14Cl2O4/c18-16(20)10-22-14-5-1-12(2-6-14)9-13-3-7-15(8-4-13)23-11-17(19)21/h1-8H,9-11H2. The minimum Gasteiger partial charge on any atom is -0.484 e. The zero-order chi connectivity index (χ0) is 16.7. The number of ether oxygens (including phenoxy) is 2. The van der Waals surface area contributed by atoms with Crippen LogP contribution in [0.5, 0.6) is 11.5 Å². The summed E-state index contributed by atoms with van der Waals surface area (Å²) >= 11 is 10.4. The van der Waals surface area contributed by atoms with Gasteiger partial charge in [0.2, 0.25) is 0 Å². The molecule has 0 spiro atoms. The smallest absolute Gasteiger partial charge is 0.259 e. The highest BCUT2D eigenvalue weighted by molar-refractivity contribution is 6.64. The van der Waals surface area contributed by atoms with Crippen molar-refractivity contribution in [1.29, 1.82) is 0 Å². The number of benzene rings is 2. The highest BCUT2D eigenvalue weighted by Gasteiger charge is 2.02. The minimum absolute atomic E-state index is 0.146. The highest BCUT2D eigenvalue weighted by atomic mass is 35.5. The Labute approximate surface area is 143 Å². The van der Waals surface area contributed by atoms with Crippen molar-refractivity contribution < 1.29 is 19.1 Å². The summed E-state index contributed by atoms with van der Waals surface area (Å²) in [4.78, 5) is 21.3. The molecular weight excluding hydrogens is 339 g/mol. The molecule has 0 saturated heterocycles. The van der Waals surface area contributed by atoms with Gasteiger partial charge in [-0.05, 0) is 65.0 Å². The quantitative estimate of drug-likeness (QED) is 0.681. The average molecular weight is 353 g/mol. The van der Waals surface area contributed by atoms with Gasteiger partial charge < -0.3 is 9.47 Å². The number of hydrogen-bond donors (Lipinski definition) is 0. The Kier molecular flexibility index (Phi) is 6.44. The van der Waals surface area contributed by atoms with Crippen LogP contribution in [0.1, 0.15) is 11.1 Å². The second-order valence-electron chi connectivity index (χ2n) is 4.75. The van der Waals surface area contributed by atoms with Gasteiger partial charge in [0.15, 0.2) is 13.2 Å². The molecule has 2 rings (SSSR count). The molecule has 6 heteroatoms. The molecule has 23 heavy (non-hydrogen) atoms. The third kappa shape index (κ3) is 6.30. The van der Waals surface area contributed by atoms with Crippen LogP contribution in [0.4, 0.5) is 0 Å². The fraction of sp³-hybridized carbons (Fsp3) is 0.176. The molecule has 0 aromatic heterocycles. The Morgan fingerprint density at radius 2 is 1.04 bits per heavy atom. The molecule has 0 unspecified atom stereocenters. The van der Waals surface area contributed by atoms with Gasteiger partial charge in [0, 0.05) is 0 Å². The molecule has 0 aliphatic rings. The minimum atomic E-state index is -0.535. The first-order valence-corrected chi connectivity index (χ1v) is 7.58. The summed E-state index contributed by atoms with van der Waals surface area (Å²) in [6.07, 6.45) is 0.740. The monoisotopic (exact) mass is 352 g/mol. The fourth-order valence-electron chi connectivity index (χ4n) is 1.92. The molecule has 0 bridgehead atoms. The van der Waals surface area contributed by atoms with E-state index in [0.29, 0.717) is 11.5 Å². The molecule has 0 aliphatic heterocycles. The lowest BCUT2D eigenvalue weighted by atomic mass is 10.0. The van der Waals surface area contributed by atoms with E-state index in [1.54, 1.807) is 24.3 Å². The van der Waals surface area contributed by atoms with E-state index in [1.807, 2.05) is 24.3 Å². The van der Waals surface area contributed by atoms with Crippen LogP contribution in [0.3, 0.4) is 0 Å². The first-order chi connectivity index (χ1) is 11.0. The number of rotatable bonds is 8. The summed E-state index contributed by atoms with van der Waals surface area (Å²) < 4.78 is 10.4. The van der Waals surface area contributed by atoms with Crippen LogP contribution >= 0.6 is 23.2 Å². The van der Waals surface area contributed by atoms with E-state index >= 15 is 0 Å². The Morgan fingerprint density at radius 1 is 0.696 bits per heavy atom. The van der Waals surface area contributed by atoms with Gasteiger partial charge in [-0.1, -0.05) is 24.3 Å². The van der Waals surface area contributed by atoms with Crippen LogP contribution in [-0.2, 0) is 16.0 Å². The maximum atomic E-state index is 10.6. The summed E-state index contributed by atoms with van der Waals surface area (Å²) in [5.41, 5.74) is 2.19. The summed E-state index contributed by atoms with van der Waals surface area (Å²) in [6.45, 7) is -0.291. The van der Waals surface area contributed by atoms with Gasteiger partial charge in [-0.2, -0.15) is 0 Å². The molecule has 4 nitrogen and oxygen atoms in total. The summed E-state index contributed by atoms with van der Waals surface area (Å²) in [5, 5.41) is -1.07. The number of carbonyl (C=O) groups excluding carboxylic acids is 2. The lowest BCUT2D eigenvalue weighted by Gasteiger charge is -2.07. The van der Waals surface area contributed by atoms with Crippen LogP contribution in [0.25, 0.3) is 0 Å². The SMILES string of the molecule is O=C(Cl)COc1ccc(Cc2ccc(OCC(=O)Cl)cc2)cc1. The van der Waals surface area contributed by atoms with E-state index in [-0.39, 0.29) is 13.2 Å². The van der Waals surface area contributed by atoms with Gasteiger partial charge in [0.05, 0.1) is 0 Å². The van der Waals surface area contributed by atoms with E-state index in [0.717, 1.165) is 17.5 Å². The largest absolute Gasteiger partial charge is 0.484 e. The van der Waals surface area contributed by atoms with E-state index < -0.39 is 10.5 Å². The van der Waals surface area contributed by atoms with Crippen LogP contribution in [0.2, 0.25) is 0 Å². The Bertz CT molecular complexity index is 606. The predicted octanol–water partition coefficient (Wildman–Crippen LogP) is 3.57. The average Bonchev–Trinajstić information content (AvgIpc) is 2.53. The highest BCUT2D eigenvalue weighted by Crippen LogP contribution is 2.18. The molecule has 0 heterocycles. The number of halogens is 2. The zero-order valence-electron chi connectivity index (χ0n) is 12.1. The van der Waals surface area contributed by atoms with Crippen LogP contribution in [0.15, 0.2) is 48.5 Å². The molecule has 2 aromatic carbocycles. The van der Waals surface area contributed by atoms with Crippen molar-refractivity contribution in [3.05, 3.63) is 59.7 Å². The third-order valence-electron chi connectivity index (χ3n) is 2.96. The zero-order valence-corrected chi connectivity index (χ0v) is 13.6. The Balaban J connectivity index is 1.91. The molecule has 0 fully saturated rings. The van der Waals surface area contributed by atoms with Crippen LogP contribution in [0, 0.1) is 0 Å². The second-order valence-corrected chi connectivity index (χ2v) is 5.60. The van der Waals surface area contributed by atoms with Crippen molar-refractivity contribution in [2.45, 2.75) is 6.42 Å². The van der Waals surface area contributed by atoms with E-state index in [2.05, 4.69) is 0 Å². The lowest BCUT2D eigenvalue weighted by molar-refractivity contribution is -0.114. The van der Waals surface area contributed by atoms with Crippen molar-refractivity contribution in [1.82, 2.24) is 0 Å². The van der Waals surface area contributed by atoms with Gasteiger partial charge in [-0.15, -0.1) is 0 Å². The maximum Gasteiger partial charge on any atom is 0.259 e. The molecule has 0 N–H and O–H groups in total. The first kappa shape index (κ1) is 17.3. The van der Waals surface area contributed by atoms with Crippen LogP contribution < -0.4 is 9.47 Å². The topological polar surface area (TPSA) is 52.6 Å². The van der Waals surface area contributed by atoms with Crippen molar-refractivity contribution >= 4 is 33.7 Å². The van der Waals surface area contributed by atoms with Gasteiger partial charge in [-0.3, -0.25) is 9.59 Å². The normalized spacial score (nSPS) is 10.2. The third-order valence-corrected chi connectivity index (χ3v) is 3.18. The summed E-state index contributed by atoms with van der Waals surface area (Å²) in [5.74, 6) is 1.19. The molecule has 0 aliphatic carbocycles. The Hall–Kier alpha value is -2.04. The van der Waals surface area contributed by atoms with Gasteiger partial charge >= 0.3 is 0 Å². The van der Waals surface area contributed by atoms with Gasteiger partial charge in [0.1, 0.15) is 11.5 Å². The molecular formula is C17H14Cl2O4. The Morgan fingerprint density at radius 3 is 1.35 bits per heavy atom. The van der Waals surface area contributed by atoms with Crippen molar-refractivity contribution in [2.75, 3.05) is 13.2 Å². The molecule has 0 radical (unpaired) electrons. The van der Waals surface area contributed by atoms with E-state index in [1.165, 1.54) is 0 Å². The lowest BCUT2D eigenvalue weighted by Crippen LogP contribution is -2.04. The van der Waals surface area contributed by atoms with Crippen molar-refractivity contribution in [2.24, 2.45) is 0 Å². The van der Waals surface area contributed by atoms with E-state index in [9.17, 15) is 9.59 Å². The molecule has 0 amide bonds. The van der Waals surface area contributed by atoms with Crippen molar-refractivity contribution in [3.8, 4) is 11.5 Å². The van der Waals surface area contributed by atoms with Gasteiger partial charge in [0.25, 0.3) is 10.5 Å². The summed E-state index contributed by atoms with van der Waals surface area (Å²) in [6, 6.07) is 14.8. The molecule has 2 aromatic rings. The number of carbonyl (C=O) groups is 2. The number of hydrogen-bond acceptors (Lipinski definition) is 4. The second kappa shape index (κ2) is 8.56. The molecule has 0 atom stereocenters. The predicted molar refractivity (Wildman–Crippen MR) is 88.4 cm³/mol. The van der Waals surface area contributed by atoms with Gasteiger partial charge in [-0.25, -0.2) is 0 Å². The van der Waals surface area contributed by atoms with E-state index in [4.69, 9.17) is 32.7 Å². The summed E-state index contributed by atoms with van der Waals surface area (Å²) in [7, 11) is 0. The molecule has 0 saturated carbocycles. The van der Waals surface area contributed by atoms with Crippen LogP contribution in [-0.4, -0.2) is 23.7 Å². The maximum absolute atomic E-state index is 10.6. The fourth-order valence-corrected chi connectivity index (χ4v) is 2.03. The molecule has 120 valence electrons. The van der Waals surface area contributed by atoms with Crippen molar-refractivity contribution in [3.63, 3.8) is 0 Å².